The molecule has 2 rings (SSSR count). The Morgan fingerprint density at radius 1 is 1.25 bits per heavy atom. The summed E-state index contributed by atoms with van der Waals surface area (Å²) >= 11 is 0. The molecule has 1 heterocycles. The fourth-order valence-corrected chi connectivity index (χ4v) is 4.29. The third-order valence-corrected chi connectivity index (χ3v) is 5.61. The average molecular weight is 295 g/mol. The zero-order valence-electron chi connectivity index (χ0n) is 13.0. The lowest BCUT2D eigenvalue weighted by molar-refractivity contribution is 0.448. The molecule has 3 nitrogen and oxygen atoms in total. The Hall–Kier alpha value is -0.870. The van der Waals surface area contributed by atoms with Crippen molar-refractivity contribution in [3.05, 3.63) is 29.3 Å². The zero-order valence-corrected chi connectivity index (χ0v) is 13.8. The first-order valence-corrected chi connectivity index (χ1v) is 8.90. The average Bonchev–Trinajstić information content (AvgIpc) is 2.31. The zero-order chi connectivity index (χ0) is 15.1. The normalized spacial score (nSPS) is 21.8. The summed E-state index contributed by atoms with van der Waals surface area (Å²) < 4.78 is 24.5. The summed E-state index contributed by atoms with van der Waals surface area (Å²) in [7, 11) is -3.11. The number of hydrogen-bond donors (Lipinski definition) is 1. The fraction of sp³-hybridized carbons (Fsp3) is 0.625. The van der Waals surface area contributed by atoms with Crippen LogP contribution in [0.1, 0.15) is 58.2 Å². The molecule has 1 N–H and O–H groups in total. The van der Waals surface area contributed by atoms with Crippen molar-refractivity contribution in [3.63, 3.8) is 0 Å². The first-order valence-electron chi connectivity index (χ1n) is 7.24. The van der Waals surface area contributed by atoms with Crippen molar-refractivity contribution in [3.8, 4) is 0 Å². The first kappa shape index (κ1) is 15.5. The lowest BCUT2D eigenvalue weighted by Crippen LogP contribution is -2.34. The number of benzene rings is 1. The summed E-state index contributed by atoms with van der Waals surface area (Å²) in [6, 6.07) is 6.29. The van der Waals surface area contributed by atoms with E-state index in [0.29, 0.717) is 17.4 Å². The molecule has 1 unspecified atom stereocenters. The molecule has 1 aromatic carbocycles. The van der Waals surface area contributed by atoms with Crippen LogP contribution in [0.3, 0.4) is 0 Å². The van der Waals surface area contributed by atoms with Gasteiger partial charge in [-0.25, -0.2) is 8.42 Å². The van der Waals surface area contributed by atoms with Crippen LogP contribution >= 0.6 is 0 Å². The molecule has 1 aliphatic heterocycles. The van der Waals surface area contributed by atoms with Gasteiger partial charge in [-0.2, -0.15) is 0 Å². The van der Waals surface area contributed by atoms with Gasteiger partial charge in [0, 0.05) is 12.1 Å². The van der Waals surface area contributed by atoms with Gasteiger partial charge < -0.3 is 5.32 Å². The Bertz CT molecular complexity index is 597. The Balaban J connectivity index is 2.54. The van der Waals surface area contributed by atoms with E-state index < -0.39 is 9.84 Å². The summed E-state index contributed by atoms with van der Waals surface area (Å²) in [6.45, 7) is 10.6. The number of fused-ring (bicyclic) bond motifs is 1. The number of nitrogens with one attached hydrogen (secondary N) is 1. The molecule has 0 aliphatic carbocycles. The Morgan fingerprint density at radius 3 is 2.45 bits per heavy atom. The number of sulfone groups is 1. The van der Waals surface area contributed by atoms with E-state index in [1.54, 1.807) is 6.07 Å². The third kappa shape index (κ3) is 3.07. The highest BCUT2D eigenvalue weighted by Crippen LogP contribution is 2.35. The van der Waals surface area contributed by atoms with Crippen LogP contribution < -0.4 is 5.32 Å². The second-order valence-electron chi connectivity index (χ2n) is 6.98. The highest BCUT2D eigenvalue weighted by Gasteiger charge is 2.31. The van der Waals surface area contributed by atoms with Crippen LogP contribution in [0.4, 0.5) is 0 Å². The minimum atomic E-state index is -3.11. The Kier molecular flexibility index (Phi) is 4.00. The number of hydrogen-bond acceptors (Lipinski definition) is 3. The van der Waals surface area contributed by atoms with E-state index in [0.717, 1.165) is 5.56 Å². The van der Waals surface area contributed by atoms with E-state index in [4.69, 9.17) is 0 Å². The van der Waals surface area contributed by atoms with Gasteiger partial charge in [-0.05, 0) is 29.0 Å². The molecular weight excluding hydrogens is 270 g/mol. The third-order valence-electron chi connectivity index (χ3n) is 3.80. The Morgan fingerprint density at radius 2 is 1.90 bits per heavy atom. The van der Waals surface area contributed by atoms with E-state index >= 15 is 0 Å². The molecule has 1 aromatic rings. The van der Waals surface area contributed by atoms with E-state index in [2.05, 4.69) is 46.0 Å². The quantitative estimate of drug-likeness (QED) is 0.911. The predicted molar refractivity (Wildman–Crippen MR) is 82.8 cm³/mol. The van der Waals surface area contributed by atoms with Crippen molar-refractivity contribution in [1.82, 2.24) is 5.32 Å². The molecule has 0 saturated carbocycles. The van der Waals surface area contributed by atoms with Gasteiger partial charge in [0.1, 0.15) is 0 Å². The van der Waals surface area contributed by atoms with E-state index in [1.807, 2.05) is 6.07 Å². The molecule has 0 aromatic heterocycles. The van der Waals surface area contributed by atoms with E-state index in [-0.39, 0.29) is 17.2 Å². The summed E-state index contributed by atoms with van der Waals surface area (Å²) in [5.74, 6) is 0.235. The smallest absolute Gasteiger partial charge is 0.178 e. The van der Waals surface area contributed by atoms with Crippen LogP contribution in [0.25, 0.3) is 0 Å². The van der Waals surface area contributed by atoms with Crippen LogP contribution in [0, 0.1) is 0 Å². The molecule has 0 spiro atoms. The van der Waals surface area contributed by atoms with Gasteiger partial charge in [-0.3, -0.25) is 0 Å². The highest BCUT2D eigenvalue weighted by atomic mass is 32.2. The van der Waals surface area contributed by atoms with Gasteiger partial charge in [0.2, 0.25) is 0 Å². The lowest BCUT2D eigenvalue weighted by atomic mass is 9.85. The first-order chi connectivity index (χ1) is 9.11. The van der Waals surface area contributed by atoms with Crippen molar-refractivity contribution in [2.45, 2.75) is 63.4 Å². The summed E-state index contributed by atoms with van der Waals surface area (Å²) in [5.41, 5.74) is 2.15. The van der Waals surface area contributed by atoms with Gasteiger partial charge in [-0.15, -0.1) is 0 Å². The molecule has 0 saturated heterocycles. The van der Waals surface area contributed by atoms with Gasteiger partial charge in [0.25, 0.3) is 0 Å². The summed E-state index contributed by atoms with van der Waals surface area (Å²) in [4.78, 5) is 0.509. The Labute approximate surface area is 122 Å². The van der Waals surface area contributed by atoms with Gasteiger partial charge in [-0.1, -0.05) is 46.8 Å². The molecule has 0 amide bonds. The number of rotatable bonds is 2. The fourth-order valence-electron chi connectivity index (χ4n) is 2.68. The standard InChI is InChI=1S/C16H25NO2S/c1-11(2)17-14-8-9-20(18,19)15-7-6-12(10-13(14)15)16(3,4)5/h6-7,10-11,14,17H,8-9H2,1-5H3. The largest absolute Gasteiger partial charge is 0.308 e. The second kappa shape index (κ2) is 5.15. The predicted octanol–water partition coefficient (Wildman–Crippen LogP) is 3.20. The molecular formula is C16H25NO2S. The van der Waals surface area contributed by atoms with Crippen molar-refractivity contribution in [2.24, 2.45) is 0 Å². The van der Waals surface area contributed by atoms with Crippen molar-refractivity contribution in [1.29, 1.82) is 0 Å². The molecule has 1 aliphatic rings. The van der Waals surface area contributed by atoms with Crippen molar-refractivity contribution >= 4 is 9.84 Å². The van der Waals surface area contributed by atoms with Crippen molar-refractivity contribution < 1.29 is 8.42 Å². The van der Waals surface area contributed by atoms with Gasteiger partial charge >= 0.3 is 0 Å². The monoisotopic (exact) mass is 295 g/mol. The maximum absolute atomic E-state index is 12.2. The van der Waals surface area contributed by atoms with Crippen LogP contribution in [0.15, 0.2) is 23.1 Å². The maximum Gasteiger partial charge on any atom is 0.178 e. The van der Waals surface area contributed by atoms with Crippen LogP contribution in [0.2, 0.25) is 0 Å². The van der Waals surface area contributed by atoms with E-state index in [1.165, 1.54) is 5.56 Å². The summed E-state index contributed by atoms with van der Waals surface area (Å²) in [6.07, 6.45) is 0.654. The van der Waals surface area contributed by atoms with Crippen LogP contribution in [0.5, 0.6) is 0 Å². The molecule has 0 bridgehead atoms. The maximum atomic E-state index is 12.2. The second-order valence-corrected chi connectivity index (χ2v) is 9.06. The van der Waals surface area contributed by atoms with Gasteiger partial charge in [0.05, 0.1) is 10.6 Å². The SMILES string of the molecule is CC(C)NC1CCS(=O)(=O)c2ccc(C(C)(C)C)cc21. The molecule has 4 heteroatoms. The van der Waals surface area contributed by atoms with Crippen molar-refractivity contribution in [2.75, 3.05) is 5.75 Å². The molecule has 0 fully saturated rings. The van der Waals surface area contributed by atoms with E-state index in [9.17, 15) is 8.42 Å². The lowest BCUT2D eigenvalue weighted by Gasteiger charge is -2.30. The molecule has 112 valence electrons. The summed E-state index contributed by atoms with van der Waals surface area (Å²) in [5, 5.41) is 3.49. The highest BCUT2D eigenvalue weighted by molar-refractivity contribution is 7.91. The topological polar surface area (TPSA) is 46.2 Å². The minimum Gasteiger partial charge on any atom is -0.308 e. The molecule has 0 radical (unpaired) electrons. The minimum absolute atomic E-state index is 0.0264. The van der Waals surface area contributed by atoms with Gasteiger partial charge in [0.15, 0.2) is 9.84 Å². The van der Waals surface area contributed by atoms with Crippen LogP contribution in [-0.4, -0.2) is 20.2 Å². The molecule has 20 heavy (non-hydrogen) atoms. The molecule has 1 atom stereocenters. The van der Waals surface area contributed by atoms with Crippen LogP contribution in [-0.2, 0) is 15.3 Å².